The summed E-state index contributed by atoms with van der Waals surface area (Å²) in [6.45, 7) is 4.87. The zero-order valence-electron chi connectivity index (χ0n) is 10.0. The van der Waals surface area contributed by atoms with Crippen LogP contribution in [-0.4, -0.2) is 10.1 Å². The zero-order chi connectivity index (χ0) is 12.3. The van der Waals surface area contributed by atoms with Crippen molar-refractivity contribution in [3.8, 4) is 5.75 Å². The highest BCUT2D eigenvalue weighted by Crippen LogP contribution is 2.21. The Kier molecular flexibility index (Phi) is 3.64. The molecule has 0 aliphatic heterocycles. The van der Waals surface area contributed by atoms with Gasteiger partial charge in [0.1, 0.15) is 5.75 Å². The Morgan fingerprint density at radius 3 is 2.88 bits per heavy atom. The summed E-state index contributed by atoms with van der Waals surface area (Å²) in [5.41, 5.74) is 2.10. The molecule has 0 spiro atoms. The molecule has 2 rings (SSSR count). The minimum atomic E-state index is 0.305. The number of nitrogens with zero attached hydrogens (tertiary/aromatic N) is 1. The van der Waals surface area contributed by atoms with Gasteiger partial charge in [0, 0.05) is 16.8 Å². The first-order valence-corrected chi connectivity index (χ1v) is 6.47. The number of hydrogen-bond donors (Lipinski definition) is 2. The molecule has 0 atom stereocenters. The predicted octanol–water partition coefficient (Wildman–Crippen LogP) is 3.33. The van der Waals surface area contributed by atoms with Crippen molar-refractivity contribution in [1.82, 2.24) is 4.98 Å². The summed E-state index contributed by atoms with van der Waals surface area (Å²) >= 11 is 1.74. The lowest BCUT2D eigenvalue weighted by Gasteiger charge is -2.08. The van der Waals surface area contributed by atoms with Crippen LogP contribution in [0.5, 0.6) is 5.75 Å². The Morgan fingerprint density at radius 1 is 1.41 bits per heavy atom. The fourth-order valence-corrected chi connectivity index (χ4v) is 2.42. The molecule has 0 radical (unpaired) electrons. The summed E-state index contributed by atoms with van der Waals surface area (Å²) in [6.07, 6.45) is 2.91. The number of benzene rings is 1. The highest BCUT2D eigenvalue weighted by molar-refractivity contribution is 7.11. The number of aromatic hydroxyl groups is 1. The van der Waals surface area contributed by atoms with Gasteiger partial charge in [0.05, 0.1) is 11.6 Å². The number of aryl methyl sites for hydroxylation is 2. The van der Waals surface area contributed by atoms with Crippen LogP contribution in [0.15, 0.2) is 24.4 Å². The van der Waals surface area contributed by atoms with Crippen LogP contribution >= 0.6 is 11.3 Å². The van der Waals surface area contributed by atoms with E-state index < -0.39 is 0 Å². The number of aromatic nitrogens is 1. The Balaban J connectivity index is 2.02. The maximum Gasteiger partial charge on any atom is 0.115 e. The minimum Gasteiger partial charge on any atom is -0.508 e. The molecule has 17 heavy (non-hydrogen) atoms. The van der Waals surface area contributed by atoms with E-state index in [1.165, 1.54) is 9.88 Å². The van der Waals surface area contributed by atoms with E-state index in [0.29, 0.717) is 5.75 Å². The molecule has 0 bridgehead atoms. The van der Waals surface area contributed by atoms with Crippen molar-refractivity contribution in [1.29, 1.82) is 0 Å². The lowest BCUT2D eigenvalue weighted by molar-refractivity contribution is 0.475. The predicted molar refractivity (Wildman–Crippen MR) is 71.7 cm³/mol. The van der Waals surface area contributed by atoms with Crippen LogP contribution in [0.2, 0.25) is 0 Å². The Hall–Kier alpha value is -1.55. The molecule has 0 saturated heterocycles. The monoisotopic (exact) mass is 248 g/mol. The summed E-state index contributed by atoms with van der Waals surface area (Å²) in [5, 5.41) is 13.8. The molecule has 1 aromatic carbocycles. The Labute approximate surface area is 105 Å². The number of rotatable bonds is 4. The molecule has 0 unspecified atom stereocenters. The third kappa shape index (κ3) is 2.97. The molecule has 1 aromatic heterocycles. The molecule has 4 heteroatoms. The summed E-state index contributed by atoms with van der Waals surface area (Å²) in [7, 11) is 0. The van der Waals surface area contributed by atoms with E-state index >= 15 is 0 Å². The molecule has 0 amide bonds. The standard InChI is InChI=1S/C13H16N2OS/c1-3-13-15-8-11(17-13)7-14-12-5-4-10(16)6-9(12)2/h4-6,8,14,16H,3,7H2,1-2H3. The fraction of sp³-hybridized carbons (Fsp3) is 0.308. The molecule has 0 fully saturated rings. The van der Waals surface area contributed by atoms with Crippen LogP contribution < -0.4 is 5.32 Å². The van der Waals surface area contributed by atoms with Crippen LogP contribution in [0, 0.1) is 6.92 Å². The van der Waals surface area contributed by atoms with Crippen LogP contribution in [0.4, 0.5) is 5.69 Å². The highest BCUT2D eigenvalue weighted by atomic mass is 32.1. The molecule has 1 heterocycles. The van der Waals surface area contributed by atoms with Crippen molar-refractivity contribution in [2.75, 3.05) is 5.32 Å². The Morgan fingerprint density at radius 2 is 2.24 bits per heavy atom. The topological polar surface area (TPSA) is 45.2 Å². The Bertz CT molecular complexity index is 508. The molecule has 0 aliphatic rings. The number of thiazole rings is 1. The second-order valence-corrected chi connectivity index (χ2v) is 5.13. The SMILES string of the molecule is CCc1ncc(CNc2ccc(O)cc2C)s1. The van der Waals surface area contributed by atoms with E-state index in [9.17, 15) is 5.11 Å². The second kappa shape index (κ2) is 5.19. The molecule has 2 aromatic rings. The third-order valence-electron chi connectivity index (χ3n) is 2.57. The second-order valence-electron chi connectivity index (χ2n) is 3.93. The number of phenols is 1. The van der Waals surface area contributed by atoms with Crippen molar-refractivity contribution in [2.45, 2.75) is 26.8 Å². The van der Waals surface area contributed by atoms with E-state index in [1.807, 2.05) is 19.2 Å². The van der Waals surface area contributed by atoms with Crippen molar-refractivity contribution in [3.63, 3.8) is 0 Å². The van der Waals surface area contributed by atoms with Gasteiger partial charge in [-0.1, -0.05) is 6.92 Å². The summed E-state index contributed by atoms with van der Waals surface area (Å²) in [6, 6.07) is 5.35. The zero-order valence-corrected chi connectivity index (χ0v) is 10.8. The molecule has 3 nitrogen and oxygen atoms in total. The first-order valence-electron chi connectivity index (χ1n) is 5.66. The minimum absolute atomic E-state index is 0.305. The summed E-state index contributed by atoms with van der Waals surface area (Å²) in [4.78, 5) is 5.55. The lowest BCUT2D eigenvalue weighted by Crippen LogP contribution is -1.98. The molecule has 2 N–H and O–H groups in total. The average Bonchev–Trinajstić information content (AvgIpc) is 2.76. The average molecular weight is 248 g/mol. The van der Waals surface area contributed by atoms with Gasteiger partial charge < -0.3 is 10.4 Å². The van der Waals surface area contributed by atoms with Gasteiger partial charge in [-0.15, -0.1) is 11.3 Å². The maximum atomic E-state index is 9.32. The van der Waals surface area contributed by atoms with Crippen LogP contribution in [0.1, 0.15) is 22.4 Å². The van der Waals surface area contributed by atoms with E-state index in [2.05, 4.69) is 17.2 Å². The molecule has 0 aliphatic carbocycles. The summed E-state index contributed by atoms with van der Waals surface area (Å²) < 4.78 is 0. The van der Waals surface area contributed by atoms with E-state index in [0.717, 1.165) is 24.2 Å². The molecular formula is C13H16N2OS. The molecule has 90 valence electrons. The van der Waals surface area contributed by atoms with Gasteiger partial charge in [-0.3, -0.25) is 0 Å². The van der Waals surface area contributed by atoms with Gasteiger partial charge >= 0.3 is 0 Å². The molecular weight excluding hydrogens is 232 g/mol. The van der Waals surface area contributed by atoms with E-state index in [4.69, 9.17) is 0 Å². The van der Waals surface area contributed by atoms with Gasteiger partial charge in [0.15, 0.2) is 0 Å². The van der Waals surface area contributed by atoms with Crippen molar-refractivity contribution < 1.29 is 5.11 Å². The van der Waals surface area contributed by atoms with E-state index in [1.54, 1.807) is 23.5 Å². The number of anilines is 1. The number of nitrogens with one attached hydrogen (secondary N) is 1. The first kappa shape index (κ1) is 11.9. The van der Waals surface area contributed by atoms with Crippen LogP contribution in [-0.2, 0) is 13.0 Å². The highest BCUT2D eigenvalue weighted by Gasteiger charge is 2.02. The van der Waals surface area contributed by atoms with Crippen molar-refractivity contribution in [2.24, 2.45) is 0 Å². The first-order chi connectivity index (χ1) is 8.19. The largest absolute Gasteiger partial charge is 0.508 e. The van der Waals surface area contributed by atoms with Gasteiger partial charge in [-0.2, -0.15) is 0 Å². The lowest BCUT2D eigenvalue weighted by atomic mass is 10.2. The summed E-state index contributed by atoms with van der Waals surface area (Å²) in [5.74, 6) is 0.305. The van der Waals surface area contributed by atoms with Crippen molar-refractivity contribution in [3.05, 3.63) is 39.8 Å². The van der Waals surface area contributed by atoms with Crippen LogP contribution in [0.3, 0.4) is 0 Å². The normalized spacial score (nSPS) is 10.5. The van der Waals surface area contributed by atoms with Crippen molar-refractivity contribution >= 4 is 17.0 Å². The van der Waals surface area contributed by atoms with Gasteiger partial charge in [0.25, 0.3) is 0 Å². The quantitative estimate of drug-likeness (QED) is 0.816. The van der Waals surface area contributed by atoms with E-state index in [-0.39, 0.29) is 0 Å². The number of phenolic OH excluding ortho intramolecular Hbond substituents is 1. The van der Waals surface area contributed by atoms with Gasteiger partial charge in [-0.05, 0) is 37.1 Å². The number of hydrogen-bond acceptors (Lipinski definition) is 4. The maximum absolute atomic E-state index is 9.32. The van der Waals surface area contributed by atoms with Gasteiger partial charge in [-0.25, -0.2) is 4.98 Å². The fourth-order valence-electron chi connectivity index (χ4n) is 1.62. The van der Waals surface area contributed by atoms with Gasteiger partial charge in [0.2, 0.25) is 0 Å². The third-order valence-corrected chi connectivity index (χ3v) is 3.71. The van der Waals surface area contributed by atoms with Crippen LogP contribution in [0.25, 0.3) is 0 Å². The molecule has 0 saturated carbocycles. The smallest absolute Gasteiger partial charge is 0.115 e.